The number of nitrogens with zero attached hydrogens (tertiary/aromatic N) is 1. The zero-order chi connectivity index (χ0) is 14.2. The summed E-state index contributed by atoms with van der Waals surface area (Å²) in [5.74, 6) is -1.74. The number of benzene rings is 1. The van der Waals surface area contributed by atoms with Gasteiger partial charge in [-0.25, -0.2) is 4.79 Å². The van der Waals surface area contributed by atoms with Crippen molar-refractivity contribution in [3.8, 4) is 0 Å². The third kappa shape index (κ3) is 2.29. The van der Waals surface area contributed by atoms with E-state index in [1.54, 1.807) is 0 Å². The Morgan fingerprint density at radius 1 is 1.32 bits per heavy atom. The van der Waals surface area contributed by atoms with Crippen LogP contribution in [0.25, 0.3) is 0 Å². The van der Waals surface area contributed by atoms with E-state index in [0.717, 1.165) is 21.6 Å². The fourth-order valence-electron chi connectivity index (χ4n) is 2.28. The Bertz CT molecular complexity index is 548. The normalized spacial score (nSPS) is 18.6. The number of aliphatic carboxylic acids is 1. The Kier molecular flexibility index (Phi) is 3.25. The molecule has 6 heteroatoms. The van der Waals surface area contributed by atoms with Crippen molar-refractivity contribution in [2.24, 2.45) is 0 Å². The van der Waals surface area contributed by atoms with Crippen LogP contribution >= 0.6 is 0 Å². The number of nitrogens with one attached hydrogen (secondary N) is 1. The first-order valence-electron chi connectivity index (χ1n) is 5.81. The van der Waals surface area contributed by atoms with Crippen LogP contribution in [0.2, 0.25) is 0 Å². The van der Waals surface area contributed by atoms with Crippen LogP contribution in [0.1, 0.15) is 22.7 Å². The minimum Gasteiger partial charge on any atom is -0.480 e. The van der Waals surface area contributed by atoms with Crippen molar-refractivity contribution in [1.82, 2.24) is 10.2 Å². The first-order chi connectivity index (χ1) is 8.91. The Hall–Kier alpha value is -2.37. The summed E-state index contributed by atoms with van der Waals surface area (Å²) in [6.07, 6.45) is 0. The van der Waals surface area contributed by atoms with Gasteiger partial charge in [-0.05, 0) is 30.5 Å². The summed E-state index contributed by atoms with van der Waals surface area (Å²) in [6, 6.07) is 4.10. The third-order valence-corrected chi connectivity index (χ3v) is 3.15. The number of urea groups is 1. The highest BCUT2D eigenvalue weighted by molar-refractivity contribution is 6.06. The lowest BCUT2D eigenvalue weighted by Crippen LogP contribution is -2.35. The zero-order valence-electron chi connectivity index (χ0n) is 10.6. The quantitative estimate of drug-likeness (QED) is 0.795. The molecule has 1 aliphatic heterocycles. The van der Waals surface area contributed by atoms with Gasteiger partial charge in [-0.3, -0.25) is 14.5 Å². The van der Waals surface area contributed by atoms with Gasteiger partial charge in [0.15, 0.2) is 0 Å². The van der Waals surface area contributed by atoms with E-state index in [9.17, 15) is 14.4 Å². The van der Waals surface area contributed by atoms with Gasteiger partial charge in [0.1, 0.15) is 12.6 Å². The summed E-state index contributed by atoms with van der Waals surface area (Å²) in [5.41, 5.74) is 2.50. The smallest absolute Gasteiger partial charge is 0.325 e. The molecule has 3 amide bonds. The highest BCUT2D eigenvalue weighted by Gasteiger charge is 2.40. The van der Waals surface area contributed by atoms with Crippen LogP contribution in [0.4, 0.5) is 4.79 Å². The molecule has 1 aromatic carbocycles. The van der Waals surface area contributed by atoms with Crippen LogP contribution < -0.4 is 5.32 Å². The van der Waals surface area contributed by atoms with Gasteiger partial charge in [-0.1, -0.05) is 18.2 Å². The molecule has 100 valence electrons. The summed E-state index contributed by atoms with van der Waals surface area (Å²) in [5, 5.41) is 11.2. The lowest BCUT2D eigenvalue weighted by Gasteiger charge is -2.15. The minimum absolute atomic E-state index is 0.523. The van der Waals surface area contributed by atoms with E-state index in [1.807, 2.05) is 32.0 Å². The number of imide groups is 1. The molecule has 1 unspecified atom stereocenters. The summed E-state index contributed by atoms with van der Waals surface area (Å²) in [4.78, 5) is 35.2. The van der Waals surface area contributed by atoms with Gasteiger partial charge in [-0.2, -0.15) is 0 Å². The number of carboxylic acids is 1. The van der Waals surface area contributed by atoms with E-state index in [0.29, 0.717) is 0 Å². The molecule has 1 fully saturated rings. The van der Waals surface area contributed by atoms with E-state index in [2.05, 4.69) is 5.32 Å². The molecule has 2 N–H and O–H groups in total. The first kappa shape index (κ1) is 13.1. The molecule has 0 spiro atoms. The summed E-state index contributed by atoms with van der Waals surface area (Å²) in [7, 11) is 0. The first-order valence-corrected chi connectivity index (χ1v) is 5.81. The molecule has 0 aromatic heterocycles. The standard InChI is InChI=1S/C13H14N2O4/c1-7-4-3-5-8(2)10(7)11-12(18)15(6-9(16)17)13(19)14-11/h3-5,11H,6H2,1-2H3,(H,14,19)(H,16,17). The molecule has 0 aliphatic carbocycles. The highest BCUT2D eigenvalue weighted by Crippen LogP contribution is 2.27. The van der Waals surface area contributed by atoms with Crippen LogP contribution in [0.3, 0.4) is 0 Å². The molecule has 0 radical (unpaired) electrons. The van der Waals surface area contributed by atoms with Gasteiger partial charge in [0.2, 0.25) is 0 Å². The Balaban J connectivity index is 2.36. The Labute approximate surface area is 110 Å². The Morgan fingerprint density at radius 3 is 2.42 bits per heavy atom. The number of hydrogen-bond donors (Lipinski definition) is 2. The van der Waals surface area contributed by atoms with Crippen molar-refractivity contribution in [3.63, 3.8) is 0 Å². The average molecular weight is 262 g/mol. The molecule has 1 saturated heterocycles. The lowest BCUT2D eigenvalue weighted by molar-refractivity contribution is -0.141. The van der Waals surface area contributed by atoms with Crippen LogP contribution in [0, 0.1) is 13.8 Å². The van der Waals surface area contributed by atoms with Crippen LogP contribution in [0.5, 0.6) is 0 Å². The summed E-state index contributed by atoms with van der Waals surface area (Å²) < 4.78 is 0. The molecule has 1 heterocycles. The van der Waals surface area contributed by atoms with Gasteiger partial charge >= 0.3 is 12.0 Å². The van der Waals surface area contributed by atoms with E-state index in [1.165, 1.54) is 0 Å². The van der Waals surface area contributed by atoms with Gasteiger partial charge < -0.3 is 10.4 Å². The number of carbonyl (C=O) groups is 3. The molecule has 1 atom stereocenters. The number of aryl methyl sites for hydroxylation is 2. The number of rotatable bonds is 3. The lowest BCUT2D eigenvalue weighted by atomic mass is 9.96. The maximum absolute atomic E-state index is 12.1. The molecular formula is C13H14N2O4. The van der Waals surface area contributed by atoms with E-state index in [-0.39, 0.29) is 0 Å². The monoisotopic (exact) mass is 262 g/mol. The van der Waals surface area contributed by atoms with Crippen molar-refractivity contribution < 1.29 is 19.5 Å². The minimum atomic E-state index is -1.22. The van der Waals surface area contributed by atoms with E-state index < -0.39 is 30.5 Å². The number of carbonyl (C=O) groups excluding carboxylic acids is 2. The average Bonchev–Trinajstić information content (AvgIpc) is 2.57. The predicted octanol–water partition coefficient (Wildman–Crippen LogP) is 0.981. The summed E-state index contributed by atoms with van der Waals surface area (Å²) in [6.45, 7) is 3.08. The highest BCUT2D eigenvalue weighted by atomic mass is 16.4. The summed E-state index contributed by atoms with van der Waals surface area (Å²) >= 11 is 0. The van der Waals surface area contributed by atoms with Crippen molar-refractivity contribution in [1.29, 1.82) is 0 Å². The fraction of sp³-hybridized carbons (Fsp3) is 0.308. The topological polar surface area (TPSA) is 86.7 Å². The predicted molar refractivity (Wildman–Crippen MR) is 66.5 cm³/mol. The SMILES string of the molecule is Cc1cccc(C)c1C1NC(=O)N(CC(=O)O)C1=O. The van der Waals surface area contributed by atoms with Gasteiger partial charge in [0.25, 0.3) is 5.91 Å². The van der Waals surface area contributed by atoms with E-state index >= 15 is 0 Å². The number of amides is 3. The van der Waals surface area contributed by atoms with Crippen molar-refractivity contribution in [2.75, 3.05) is 6.54 Å². The van der Waals surface area contributed by atoms with Gasteiger partial charge in [0.05, 0.1) is 0 Å². The second kappa shape index (κ2) is 4.72. The van der Waals surface area contributed by atoms with Gasteiger partial charge in [0, 0.05) is 0 Å². The van der Waals surface area contributed by atoms with Crippen LogP contribution in [-0.4, -0.2) is 34.5 Å². The zero-order valence-corrected chi connectivity index (χ0v) is 10.6. The molecular weight excluding hydrogens is 248 g/mol. The number of hydrogen-bond acceptors (Lipinski definition) is 3. The molecule has 6 nitrogen and oxygen atoms in total. The molecule has 0 bridgehead atoms. The molecule has 19 heavy (non-hydrogen) atoms. The maximum Gasteiger partial charge on any atom is 0.325 e. The second-order valence-corrected chi connectivity index (χ2v) is 4.51. The molecule has 1 aliphatic rings. The fourth-order valence-corrected chi connectivity index (χ4v) is 2.28. The number of carboxylic acid groups (broad SMARTS) is 1. The maximum atomic E-state index is 12.1. The van der Waals surface area contributed by atoms with Crippen molar-refractivity contribution >= 4 is 17.9 Å². The molecule has 2 rings (SSSR count). The Morgan fingerprint density at radius 2 is 1.89 bits per heavy atom. The van der Waals surface area contributed by atoms with E-state index in [4.69, 9.17) is 5.11 Å². The van der Waals surface area contributed by atoms with Crippen LogP contribution in [0.15, 0.2) is 18.2 Å². The third-order valence-electron chi connectivity index (χ3n) is 3.15. The second-order valence-electron chi connectivity index (χ2n) is 4.51. The van der Waals surface area contributed by atoms with Crippen molar-refractivity contribution in [2.45, 2.75) is 19.9 Å². The van der Waals surface area contributed by atoms with Crippen LogP contribution in [-0.2, 0) is 9.59 Å². The van der Waals surface area contributed by atoms with Gasteiger partial charge in [-0.15, -0.1) is 0 Å². The molecule has 1 aromatic rings. The van der Waals surface area contributed by atoms with Crippen molar-refractivity contribution in [3.05, 3.63) is 34.9 Å². The largest absolute Gasteiger partial charge is 0.480 e. The molecule has 0 saturated carbocycles.